The molecule has 0 aromatic rings. The van der Waals surface area contributed by atoms with E-state index in [1.54, 1.807) is 0 Å². The second-order valence-corrected chi connectivity index (χ2v) is 25.2. The zero-order valence-corrected chi connectivity index (χ0v) is 54.6. The minimum atomic E-state index is -0.769. The average molecular weight is 1130 g/mol. The van der Waals surface area contributed by atoms with Crippen molar-refractivity contribution >= 4 is 17.9 Å². The quantitative estimate of drug-likeness (QED) is 0.0261. The predicted molar refractivity (Wildman–Crippen MR) is 349 cm³/mol. The molecular formula is C74H142O6. The number of hydrogen-bond acceptors (Lipinski definition) is 6. The van der Waals surface area contributed by atoms with Gasteiger partial charge < -0.3 is 14.2 Å². The van der Waals surface area contributed by atoms with Crippen LogP contribution in [0.3, 0.4) is 0 Å². The van der Waals surface area contributed by atoms with Crippen LogP contribution in [0.5, 0.6) is 0 Å². The summed E-state index contributed by atoms with van der Waals surface area (Å²) in [5, 5.41) is 0. The van der Waals surface area contributed by atoms with E-state index < -0.39 is 6.10 Å². The van der Waals surface area contributed by atoms with Gasteiger partial charge in [0.05, 0.1) is 0 Å². The van der Waals surface area contributed by atoms with E-state index in [1.165, 1.54) is 321 Å². The molecule has 0 heterocycles. The summed E-state index contributed by atoms with van der Waals surface area (Å²) in [6.45, 7) is 6.69. The van der Waals surface area contributed by atoms with Crippen molar-refractivity contribution in [3.63, 3.8) is 0 Å². The Morgan fingerprint density at radius 3 is 0.662 bits per heavy atom. The van der Waals surface area contributed by atoms with Gasteiger partial charge in [0, 0.05) is 19.3 Å². The first-order valence-corrected chi connectivity index (χ1v) is 36.7. The monoisotopic (exact) mass is 1130 g/mol. The zero-order chi connectivity index (χ0) is 57.8. The molecule has 0 aromatic carbocycles. The van der Waals surface area contributed by atoms with E-state index in [4.69, 9.17) is 14.2 Å². The van der Waals surface area contributed by atoms with Crippen LogP contribution >= 0.6 is 0 Å². The van der Waals surface area contributed by atoms with Gasteiger partial charge in [0.2, 0.25) is 0 Å². The van der Waals surface area contributed by atoms with Gasteiger partial charge in [-0.05, 0) is 38.5 Å². The molecule has 0 fully saturated rings. The lowest BCUT2D eigenvalue weighted by Crippen LogP contribution is -2.30. The van der Waals surface area contributed by atoms with Crippen molar-refractivity contribution in [2.45, 2.75) is 431 Å². The number of allylic oxidation sites excluding steroid dienone is 2. The van der Waals surface area contributed by atoms with Crippen LogP contribution in [-0.2, 0) is 28.6 Å². The highest BCUT2D eigenvalue weighted by Crippen LogP contribution is 2.20. The molecule has 0 aliphatic carbocycles. The van der Waals surface area contributed by atoms with Gasteiger partial charge in [-0.3, -0.25) is 14.4 Å². The number of esters is 3. The van der Waals surface area contributed by atoms with Crippen LogP contribution in [0.15, 0.2) is 12.2 Å². The third kappa shape index (κ3) is 66.9. The fourth-order valence-electron chi connectivity index (χ4n) is 11.5. The van der Waals surface area contributed by atoms with Crippen LogP contribution in [0.2, 0.25) is 0 Å². The molecule has 0 bridgehead atoms. The van der Waals surface area contributed by atoms with E-state index in [-0.39, 0.29) is 31.1 Å². The van der Waals surface area contributed by atoms with E-state index >= 15 is 0 Å². The summed E-state index contributed by atoms with van der Waals surface area (Å²) in [4.78, 5) is 38.4. The zero-order valence-electron chi connectivity index (χ0n) is 54.6. The first-order chi connectivity index (χ1) is 39.5. The number of carbonyl (C=O) groups excluding carboxylic acids is 3. The maximum absolute atomic E-state index is 12.9. The standard InChI is InChI=1S/C74H142O6/c1-4-7-10-13-16-19-22-24-26-28-30-32-33-34-35-36-37-38-39-40-42-43-45-47-49-52-55-58-61-64-67-73(76)79-70-71(69-78-72(75)66-63-60-57-54-51-21-18-15-12-9-6-3)80-74(77)68-65-62-59-56-53-50-48-46-44-41-31-29-27-25-23-20-17-14-11-8-5-2/h15,18,71H,4-14,16-17,19-70H2,1-3H3/b18-15-. The first kappa shape index (κ1) is 78.1. The lowest BCUT2D eigenvalue weighted by atomic mass is 10.0. The van der Waals surface area contributed by atoms with E-state index in [1.807, 2.05) is 0 Å². The van der Waals surface area contributed by atoms with Gasteiger partial charge >= 0.3 is 17.9 Å². The van der Waals surface area contributed by atoms with Gasteiger partial charge in [0.25, 0.3) is 0 Å². The van der Waals surface area contributed by atoms with E-state index in [9.17, 15) is 14.4 Å². The Hall–Kier alpha value is -1.85. The predicted octanol–water partition coefficient (Wildman–Crippen LogP) is 25.2. The van der Waals surface area contributed by atoms with Crippen molar-refractivity contribution in [1.29, 1.82) is 0 Å². The topological polar surface area (TPSA) is 78.9 Å². The Morgan fingerprint density at radius 1 is 0.237 bits per heavy atom. The van der Waals surface area contributed by atoms with Crippen molar-refractivity contribution in [2.24, 2.45) is 0 Å². The molecule has 0 aliphatic heterocycles. The SMILES string of the molecule is CCCC/C=C\CCCCCCCC(=O)OCC(COC(=O)CCCCCCCCCCCCCCCCCCCCCCCCCCCCCCCC)OC(=O)CCCCCCCCCCCCCCCCCCCCCCC. The van der Waals surface area contributed by atoms with Gasteiger partial charge in [0.15, 0.2) is 6.10 Å². The Balaban J connectivity index is 4.09. The molecule has 0 spiro atoms. The lowest BCUT2D eigenvalue weighted by molar-refractivity contribution is -0.167. The van der Waals surface area contributed by atoms with Crippen molar-refractivity contribution in [3.05, 3.63) is 12.2 Å². The molecule has 0 rings (SSSR count). The summed E-state index contributed by atoms with van der Waals surface area (Å²) >= 11 is 0. The molecule has 6 heteroatoms. The molecule has 0 aliphatic rings. The third-order valence-corrected chi connectivity index (χ3v) is 17.0. The van der Waals surface area contributed by atoms with Crippen LogP contribution in [0.4, 0.5) is 0 Å². The minimum Gasteiger partial charge on any atom is -0.462 e. The van der Waals surface area contributed by atoms with E-state index in [0.717, 1.165) is 64.2 Å². The third-order valence-electron chi connectivity index (χ3n) is 17.0. The molecule has 0 aromatic heterocycles. The van der Waals surface area contributed by atoms with Gasteiger partial charge in [-0.2, -0.15) is 0 Å². The number of unbranched alkanes of at least 4 members (excludes halogenated alkanes) is 56. The molecule has 6 nitrogen and oxygen atoms in total. The average Bonchev–Trinajstić information content (AvgIpc) is 3.46. The van der Waals surface area contributed by atoms with Gasteiger partial charge in [-0.1, -0.05) is 380 Å². The molecule has 1 unspecified atom stereocenters. The summed E-state index contributed by atoms with van der Waals surface area (Å²) in [5.41, 5.74) is 0. The summed E-state index contributed by atoms with van der Waals surface area (Å²) in [7, 11) is 0. The highest BCUT2D eigenvalue weighted by Gasteiger charge is 2.20. The lowest BCUT2D eigenvalue weighted by Gasteiger charge is -2.18. The highest BCUT2D eigenvalue weighted by atomic mass is 16.6. The maximum atomic E-state index is 12.9. The molecule has 1 atom stereocenters. The Labute approximate surface area is 501 Å². The Morgan fingerprint density at radius 2 is 0.425 bits per heavy atom. The number of rotatable bonds is 69. The molecule has 474 valence electrons. The van der Waals surface area contributed by atoms with Crippen LogP contribution < -0.4 is 0 Å². The highest BCUT2D eigenvalue weighted by molar-refractivity contribution is 5.71. The summed E-state index contributed by atoms with van der Waals surface area (Å²) < 4.78 is 17.0. The van der Waals surface area contributed by atoms with E-state index in [0.29, 0.717) is 19.3 Å². The molecule has 80 heavy (non-hydrogen) atoms. The smallest absolute Gasteiger partial charge is 0.306 e. The molecule has 0 saturated carbocycles. The van der Waals surface area contributed by atoms with E-state index in [2.05, 4.69) is 32.9 Å². The second-order valence-electron chi connectivity index (χ2n) is 25.2. The first-order valence-electron chi connectivity index (χ1n) is 36.7. The molecule has 0 amide bonds. The summed E-state index contributed by atoms with van der Waals surface area (Å²) in [6, 6.07) is 0. The Kier molecular flexibility index (Phi) is 68.0. The molecule has 0 saturated heterocycles. The molecule has 0 radical (unpaired) electrons. The maximum Gasteiger partial charge on any atom is 0.306 e. The van der Waals surface area contributed by atoms with Crippen LogP contribution in [0.1, 0.15) is 425 Å². The second kappa shape index (κ2) is 69.6. The number of carbonyl (C=O) groups is 3. The molecule has 0 N–H and O–H groups in total. The number of ether oxygens (including phenoxy) is 3. The fraction of sp³-hybridized carbons (Fsp3) is 0.932. The minimum absolute atomic E-state index is 0.0658. The fourth-order valence-corrected chi connectivity index (χ4v) is 11.5. The normalized spacial score (nSPS) is 12.0. The van der Waals surface area contributed by atoms with Crippen LogP contribution in [-0.4, -0.2) is 37.2 Å². The van der Waals surface area contributed by atoms with Gasteiger partial charge in [0.1, 0.15) is 13.2 Å². The largest absolute Gasteiger partial charge is 0.462 e. The van der Waals surface area contributed by atoms with Crippen molar-refractivity contribution in [3.8, 4) is 0 Å². The van der Waals surface area contributed by atoms with Gasteiger partial charge in [-0.15, -0.1) is 0 Å². The van der Waals surface area contributed by atoms with Crippen molar-refractivity contribution in [2.75, 3.05) is 13.2 Å². The van der Waals surface area contributed by atoms with Crippen molar-refractivity contribution in [1.82, 2.24) is 0 Å². The summed E-state index contributed by atoms with van der Waals surface area (Å²) in [5.74, 6) is -0.841. The van der Waals surface area contributed by atoms with Crippen LogP contribution in [0.25, 0.3) is 0 Å². The Bertz CT molecular complexity index is 1250. The summed E-state index contributed by atoms with van der Waals surface area (Å²) in [6.07, 6.45) is 84.1. The van der Waals surface area contributed by atoms with Gasteiger partial charge in [-0.25, -0.2) is 0 Å². The number of hydrogen-bond donors (Lipinski definition) is 0. The molecular weight excluding hydrogens is 985 g/mol. The van der Waals surface area contributed by atoms with Crippen LogP contribution in [0, 0.1) is 0 Å². The van der Waals surface area contributed by atoms with Crippen molar-refractivity contribution < 1.29 is 28.6 Å².